The van der Waals surface area contributed by atoms with E-state index in [1.54, 1.807) is 11.1 Å². The van der Waals surface area contributed by atoms with E-state index in [9.17, 15) is 4.79 Å². The Bertz CT molecular complexity index is 1100. The molecule has 3 heterocycles. The first-order chi connectivity index (χ1) is 13.7. The summed E-state index contributed by atoms with van der Waals surface area (Å²) >= 11 is 0. The molecule has 0 bridgehead atoms. The Labute approximate surface area is 164 Å². The Morgan fingerprint density at radius 1 is 1.00 bits per heavy atom. The number of oxazole rings is 1. The van der Waals surface area contributed by atoms with E-state index in [0.29, 0.717) is 11.3 Å². The highest BCUT2D eigenvalue weighted by molar-refractivity contribution is 5.77. The number of aryl methyl sites for hydroxylation is 1. The zero-order valence-corrected chi connectivity index (χ0v) is 16.2. The molecular formula is C24H26N2O2. The predicted molar refractivity (Wildman–Crippen MR) is 110 cm³/mol. The molecule has 4 nitrogen and oxygen atoms in total. The lowest BCUT2D eigenvalue weighted by molar-refractivity contribution is 0.133. The van der Waals surface area contributed by atoms with Gasteiger partial charge in [-0.1, -0.05) is 36.4 Å². The average molecular weight is 374 g/mol. The van der Waals surface area contributed by atoms with Crippen molar-refractivity contribution in [2.24, 2.45) is 5.92 Å². The third-order valence-corrected chi connectivity index (χ3v) is 7.51. The van der Waals surface area contributed by atoms with Gasteiger partial charge in [0.05, 0.1) is 5.52 Å². The van der Waals surface area contributed by atoms with Gasteiger partial charge in [-0.05, 0) is 79.3 Å². The number of hydrogen-bond donors (Lipinski definition) is 0. The molecule has 2 aromatic carbocycles. The normalized spacial score (nSPS) is 23.4. The minimum absolute atomic E-state index is 0.202. The van der Waals surface area contributed by atoms with Gasteiger partial charge in [0.1, 0.15) is 0 Å². The number of fused-ring (bicyclic) bond motifs is 2. The molecule has 0 N–H and O–H groups in total. The number of nitrogens with zero attached hydrogens (tertiary/aromatic N) is 2. The van der Waals surface area contributed by atoms with Crippen LogP contribution in [0.5, 0.6) is 0 Å². The summed E-state index contributed by atoms with van der Waals surface area (Å²) in [5.74, 6) is 0.283. The number of benzene rings is 2. The second-order valence-electron chi connectivity index (χ2n) is 9.05. The number of rotatable bonds is 2. The van der Waals surface area contributed by atoms with Crippen molar-refractivity contribution >= 4 is 11.1 Å². The molecule has 0 radical (unpaired) electrons. The average Bonchev–Trinajstić information content (AvgIpc) is 3.24. The fourth-order valence-corrected chi connectivity index (χ4v) is 6.10. The zero-order chi connectivity index (χ0) is 18.7. The Hall–Kier alpha value is -2.33. The maximum absolute atomic E-state index is 12.3. The van der Waals surface area contributed by atoms with Crippen LogP contribution in [0.15, 0.2) is 51.7 Å². The molecule has 2 aliphatic heterocycles. The van der Waals surface area contributed by atoms with Crippen molar-refractivity contribution in [1.82, 2.24) is 9.47 Å². The summed E-state index contributed by atoms with van der Waals surface area (Å²) in [5.41, 5.74) is 6.62. The maximum atomic E-state index is 12.3. The van der Waals surface area contributed by atoms with E-state index in [2.05, 4.69) is 35.2 Å². The van der Waals surface area contributed by atoms with Gasteiger partial charge in [0.2, 0.25) is 0 Å². The molecule has 1 aromatic heterocycles. The van der Waals surface area contributed by atoms with Crippen LogP contribution in [0.25, 0.3) is 11.1 Å². The van der Waals surface area contributed by atoms with Gasteiger partial charge in [0.15, 0.2) is 5.58 Å². The molecule has 1 saturated heterocycles. The van der Waals surface area contributed by atoms with E-state index in [1.165, 1.54) is 44.3 Å². The first kappa shape index (κ1) is 16.6. The van der Waals surface area contributed by atoms with Crippen molar-refractivity contribution in [2.45, 2.75) is 44.1 Å². The summed E-state index contributed by atoms with van der Waals surface area (Å²) in [5, 5.41) is 0. The van der Waals surface area contributed by atoms with Crippen LogP contribution in [0.2, 0.25) is 0 Å². The summed E-state index contributed by atoms with van der Waals surface area (Å²) in [7, 11) is 0. The molecule has 1 fully saturated rings. The van der Waals surface area contributed by atoms with Gasteiger partial charge in [-0.15, -0.1) is 0 Å². The summed E-state index contributed by atoms with van der Waals surface area (Å²) in [4.78, 5) is 14.9. The molecule has 1 aliphatic carbocycles. The number of para-hydroxylation sites is 1. The molecule has 0 amide bonds. The minimum Gasteiger partial charge on any atom is -0.408 e. The third-order valence-electron chi connectivity index (χ3n) is 7.51. The fraction of sp³-hybridized carbons (Fsp3) is 0.458. The van der Waals surface area contributed by atoms with Crippen molar-refractivity contribution < 1.29 is 4.42 Å². The lowest BCUT2D eigenvalue weighted by Gasteiger charge is -2.41. The van der Waals surface area contributed by atoms with Crippen LogP contribution in [-0.4, -0.2) is 29.1 Å². The molecule has 3 aromatic rings. The molecule has 1 spiro atoms. The molecule has 28 heavy (non-hydrogen) atoms. The Kier molecular flexibility index (Phi) is 3.61. The lowest BCUT2D eigenvalue weighted by Crippen LogP contribution is -2.44. The Morgan fingerprint density at radius 3 is 2.71 bits per heavy atom. The zero-order valence-electron chi connectivity index (χ0n) is 16.2. The molecule has 3 aliphatic rings. The van der Waals surface area contributed by atoms with Crippen molar-refractivity contribution in [3.63, 3.8) is 0 Å². The smallest absolute Gasteiger partial charge is 0.408 e. The molecule has 1 unspecified atom stereocenters. The van der Waals surface area contributed by atoms with Crippen LogP contribution in [0.4, 0.5) is 0 Å². The van der Waals surface area contributed by atoms with E-state index in [4.69, 9.17) is 4.42 Å². The first-order valence-electron chi connectivity index (χ1n) is 10.6. The summed E-state index contributed by atoms with van der Waals surface area (Å²) in [6, 6.07) is 15.1. The second-order valence-corrected chi connectivity index (χ2v) is 9.05. The molecule has 6 rings (SSSR count). The van der Waals surface area contributed by atoms with Crippen molar-refractivity contribution in [3.05, 3.63) is 69.7 Å². The SMILES string of the molecule is O=c1oc2cccc3c2n1CC(CN1CCC2(CCc4ccccc42)CC1)C3. The van der Waals surface area contributed by atoms with E-state index in [1.807, 2.05) is 16.7 Å². The molecule has 1 atom stereocenters. The highest BCUT2D eigenvalue weighted by Crippen LogP contribution is 2.46. The van der Waals surface area contributed by atoms with E-state index in [0.717, 1.165) is 30.6 Å². The van der Waals surface area contributed by atoms with Gasteiger partial charge in [-0.3, -0.25) is 4.57 Å². The quantitative estimate of drug-likeness (QED) is 0.686. The molecule has 144 valence electrons. The number of piperidine rings is 1. The van der Waals surface area contributed by atoms with Gasteiger partial charge >= 0.3 is 5.76 Å². The first-order valence-corrected chi connectivity index (χ1v) is 10.6. The van der Waals surface area contributed by atoms with Gasteiger partial charge in [0, 0.05) is 13.1 Å². The molecule has 4 heteroatoms. The largest absolute Gasteiger partial charge is 0.419 e. The van der Waals surface area contributed by atoms with Crippen LogP contribution in [0, 0.1) is 5.92 Å². The minimum atomic E-state index is -0.202. The summed E-state index contributed by atoms with van der Waals surface area (Å²) in [6.07, 6.45) is 6.14. The highest BCUT2D eigenvalue weighted by atomic mass is 16.4. The van der Waals surface area contributed by atoms with Crippen LogP contribution < -0.4 is 5.76 Å². The second kappa shape index (κ2) is 6.08. The van der Waals surface area contributed by atoms with Gasteiger partial charge in [-0.25, -0.2) is 4.79 Å². The maximum Gasteiger partial charge on any atom is 0.419 e. The topological polar surface area (TPSA) is 38.4 Å². The van der Waals surface area contributed by atoms with Gasteiger partial charge < -0.3 is 9.32 Å². The van der Waals surface area contributed by atoms with Crippen molar-refractivity contribution in [2.75, 3.05) is 19.6 Å². The van der Waals surface area contributed by atoms with E-state index in [-0.39, 0.29) is 5.76 Å². The number of likely N-dealkylation sites (tertiary alicyclic amines) is 1. The Balaban J connectivity index is 1.17. The highest BCUT2D eigenvalue weighted by Gasteiger charge is 2.41. The van der Waals surface area contributed by atoms with Gasteiger partial charge in [0.25, 0.3) is 0 Å². The third kappa shape index (κ3) is 2.44. The van der Waals surface area contributed by atoms with Crippen LogP contribution in [-0.2, 0) is 24.8 Å². The fourth-order valence-electron chi connectivity index (χ4n) is 6.10. The standard InChI is InChI=1S/C24H26N2O2/c27-23-26-16-17(14-19-5-3-7-21(28-23)22(19)26)15-25-12-10-24(11-13-25)9-8-18-4-1-2-6-20(18)24/h1-7,17H,8-16H2. The Morgan fingerprint density at radius 2 is 1.82 bits per heavy atom. The molecular weight excluding hydrogens is 348 g/mol. The number of aromatic nitrogens is 1. The van der Waals surface area contributed by atoms with E-state index < -0.39 is 0 Å². The summed E-state index contributed by atoms with van der Waals surface area (Å²) in [6.45, 7) is 4.20. The van der Waals surface area contributed by atoms with Crippen LogP contribution in [0.3, 0.4) is 0 Å². The summed E-state index contributed by atoms with van der Waals surface area (Å²) < 4.78 is 7.30. The van der Waals surface area contributed by atoms with E-state index >= 15 is 0 Å². The monoisotopic (exact) mass is 374 g/mol. The lowest BCUT2D eigenvalue weighted by atomic mass is 9.73. The van der Waals surface area contributed by atoms with Gasteiger partial charge in [-0.2, -0.15) is 0 Å². The van der Waals surface area contributed by atoms with Crippen LogP contribution in [0.1, 0.15) is 36.0 Å². The van der Waals surface area contributed by atoms with Crippen molar-refractivity contribution in [1.29, 1.82) is 0 Å². The van der Waals surface area contributed by atoms with Crippen LogP contribution >= 0.6 is 0 Å². The number of hydrogen-bond acceptors (Lipinski definition) is 3. The molecule has 0 saturated carbocycles. The predicted octanol–water partition coefficient (Wildman–Crippen LogP) is 3.75. The van der Waals surface area contributed by atoms with Crippen molar-refractivity contribution in [3.8, 4) is 0 Å².